The Balaban J connectivity index is 1.96. The standard InChI is InChI=1S/C17H14N2O3/c1-11-14(9-12-7-8-15(20)16(21)10-12)17(22)19(18-11)13-5-3-2-4-6-13/h2-10,20-21H,1H3/b14-9+. The van der Waals surface area contributed by atoms with Gasteiger partial charge in [-0.2, -0.15) is 10.1 Å². The fourth-order valence-electron chi connectivity index (χ4n) is 2.23. The van der Waals surface area contributed by atoms with Gasteiger partial charge < -0.3 is 10.2 Å². The monoisotopic (exact) mass is 294 g/mol. The van der Waals surface area contributed by atoms with E-state index in [1.54, 1.807) is 19.1 Å². The van der Waals surface area contributed by atoms with Crippen molar-refractivity contribution in [3.63, 3.8) is 0 Å². The molecule has 0 saturated heterocycles. The van der Waals surface area contributed by atoms with Gasteiger partial charge in [-0.1, -0.05) is 24.3 Å². The average Bonchev–Trinajstić information content (AvgIpc) is 2.80. The summed E-state index contributed by atoms with van der Waals surface area (Å²) in [4.78, 5) is 12.5. The lowest BCUT2D eigenvalue weighted by atomic mass is 10.1. The molecule has 2 aromatic rings. The average molecular weight is 294 g/mol. The number of phenolic OH excluding ortho intramolecular Hbond substituents is 2. The molecule has 22 heavy (non-hydrogen) atoms. The Bertz CT molecular complexity index is 795. The minimum Gasteiger partial charge on any atom is -0.504 e. The molecule has 1 aliphatic rings. The smallest absolute Gasteiger partial charge is 0.280 e. The molecule has 110 valence electrons. The van der Waals surface area contributed by atoms with Crippen LogP contribution in [0.1, 0.15) is 12.5 Å². The molecule has 0 spiro atoms. The van der Waals surface area contributed by atoms with E-state index in [2.05, 4.69) is 5.10 Å². The first-order valence-corrected chi connectivity index (χ1v) is 6.75. The molecule has 1 aliphatic heterocycles. The van der Waals surface area contributed by atoms with Gasteiger partial charge in [-0.05, 0) is 42.8 Å². The Morgan fingerprint density at radius 2 is 1.77 bits per heavy atom. The van der Waals surface area contributed by atoms with Crippen LogP contribution >= 0.6 is 0 Å². The van der Waals surface area contributed by atoms with E-state index in [1.807, 2.05) is 30.3 Å². The lowest BCUT2D eigenvalue weighted by Crippen LogP contribution is -2.21. The molecule has 0 radical (unpaired) electrons. The molecule has 0 bridgehead atoms. The number of amides is 1. The topological polar surface area (TPSA) is 73.1 Å². The zero-order chi connectivity index (χ0) is 15.7. The summed E-state index contributed by atoms with van der Waals surface area (Å²) in [5.41, 5.74) is 2.36. The van der Waals surface area contributed by atoms with Gasteiger partial charge >= 0.3 is 0 Å². The SMILES string of the molecule is CC1=NN(c2ccccc2)C(=O)/C1=C/c1ccc(O)c(O)c1. The molecule has 1 amide bonds. The van der Waals surface area contributed by atoms with E-state index in [1.165, 1.54) is 17.1 Å². The minimum absolute atomic E-state index is 0.198. The van der Waals surface area contributed by atoms with Gasteiger partial charge in [0.2, 0.25) is 0 Å². The van der Waals surface area contributed by atoms with Gasteiger partial charge in [0.15, 0.2) is 11.5 Å². The number of hydrogen-bond donors (Lipinski definition) is 2. The Labute approximate surface area is 127 Å². The summed E-state index contributed by atoms with van der Waals surface area (Å²) in [6.45, 7) is 1.76. The third-order valence-corrected chi connectivity index (χ3v) is 3.37. The van der Waals surface area contributed by atoms with Gasteiger partial charge in [-0.3, -0.25) is 4.79 Å². The zero-order valence-corrected chi connectivity index (χ0v) is 11.9. The lowest BCUT2D eigenvalue weighted by Gasteiger charge is -2.11. The van der Waals surface area contributed by atoms with Crippen LogP contribution in [-0.2, 0) is 4.79 Å². The maximum Gasteiger partial charge on any atom is 0.280 e. The van der Waals surface area contributed by atoms with Crippen LogP contribution in [0.25, 0.3) is 6.08 Å². The second kappa shape index (κ2) is 5.37. The van der Waals surface area contributed by atoms with E-state index in [-0.39, 0.29) is 17.4 Å². The Morgan fingerprint density at radius 3 is 2.45 bits per heavy atom. The fourth-order valence-corrected chi connectivity index (χ4v) is 2.23. The van der Waals surface area contributed by atoms with Crippen LogP contribution in [-0.4, -0.2) is 21.8 Å². The molecular formula is C17H14N2O3. The number of anilines is 1. The van der Waals surface area contributed by atoms with Crippen molar-refractivity contribution in [3.8, 4) is 11.5 Å². The van der Waals surface area contributed by atoms with Crippen molar-refractivity contribution in [1.29, 1.82) is 0 Å². The highest BCUT2D eigenvalue weighted by atomic mass is 16.3. The van der Waals surface area contributed by atoms with Crippen LogP contribution in [0.15, 0.2) is 59.2 Å². The molecule has 5 heteroatoms. The third-order valence-electron chi connectivity index (χ3n) is 3.37. The van der Waals surface area contributed by atoms with Gasteiger partial charge in [-0.25, -0.2) is 0 Å². The number of hydrazone groups is 1. The molecule has 0 aliphatic carbocycles. The predicted molar refractivity (Wildman–Crippen MR) is 84.8 cm³/mol. The fraction of sp³-hybridized carbons (Fsp3) is 0.0588. The summed E-state index contributed by atoms with van der Waals surface area (Å²) >= 11 is 0. The molecule has 0 atom stereocenters. The van der Waals surface area contributed by atoms with Crippen LogP contribution in [0, 0.1) is 0 Å². The highest BCUT2D eigenvalue weighted by molar-refractivity contribution is 6.32. The summed E-state index contributed by atoms with van der Waals surface area (Å²) in [7, 11) is 0. The molecule has 3 rings (SSSR count). The summed E-state index contributed by atoms with van der Waals surface area (Å²) in [6.07, 6.45) is 1.64. The highest BCUT2D eigenvalue weighted by Crippen LogP contribution is 2.28. The number of phenols is 2. The van der Waals surface area contributed by atoms with E-state index in [4.69, 9.17) is 0 Å². The quantitative estimate of drug-likeness (QED) is 0.660. The summed E-state index contributed by atoms with van der Waals surface area (Å²) in [6, 6.07) is 13.6. The number of nitrogens with zero attached hydrogens (tertiary/aromatic N) is 2. The zero-order valence-electron chi connectivity index (χ0n) is 11.9. The van der Waals surface area contributed by atoms with E-state index < -0.39 is 0 Å². The second-order valence-electron chi connectivity index (χ2n) is 4.94. The van der Waals surface area contributed by atoms with Crippen molar-refractivity contribution in [2.45, 2.75) is 6.92 Å². The molecule has 2 aromatic carbocycles. The first kappa shape index (κ1) is 13.9. The number of benzene rings is 2. The van der Waals surface area contributed by atoms with Crippen LogP contribution in [0.5, 0.6) is 11.5 Å². The van der Waals surface area contributed by atoms with Gasteiger partial charge in [0, 0.05) is 0 Å². The summed E-state index contributed by atoms with van der Waals surface area (Å²) < 4.78 is 0. The van der Waals surface area contributed by atoms with Gasteiger partial charge in [0.1, 0.15) is 0 Å². The van der Waals surface area contributed by atoms with Crippen molar-refractivity contribution in [1.82, 2.24) is 0 Å². The Hall–Kier alpha value is -3.08. The largest absolute Gasteiger partial charge is 0.504 e. The summed E-state index contributed by atoms with van der Waals surface area (Å²) in [5, 5.41) is 24.5. The van der Waals surface area contributed by atoms with Crippen LogP contribution in [0.4, 0.5) is 5.69 Å². The van der Waals surface area contributed by atoms with Gasteiger partial charge in [-0.15, -0.1) is 0 Å². The van der Waals surface area contributed by atoms with E-state index in [0.29, 0.717) is 22.5 Å². The normalized spacial score (nSPS) is 16.2. The van der Waals surface area contributed by atoms with Crippen LogP contribution < -0.4 is 5.01 Å². The number of aromatic hydroxyl groups is 2. The van der Waals surface area contributed by atoms with Crippen molar-refractivity contribution in [2.75, 3.05) is 5.01 Å². The molecule has 2 N–H and O–H groups in total. The molecule has 1 heterocycles. The molecule has 0 unspecified atom stereocenters. The number of hydrogen-bond acceptors (Lipinski definition) is 4. The third kappa shape index (κ3) is 2.44. The number of carbonyl (C=O) groups excluding carboxylic acids is 1. The van der Waals surface area contributed by atoms with E-state index >= 15 is 0 Å². The van der Waals surface area contributed by atoms with Gasteiger partial charge in [0.25, 0.3) is 5.91 Å². The second-order valence-corrected chi connectivity index (χ2v) is 4.94. The maximum atomic E-state index is 12.5. The molecular weight excluding hydrogens is 280 g/mol. The van der Waals surface area contributed by atoms with E-state index in [9.17, 15) is 15.0 Å². The molecule has 0 aromatic heterocycles. The van der Waals surface area contributed by atoms with Crippen LogP contribution in [0.3, 0.4) is 0 Å². The minimum atomic E-state index is -0.227. The first-order valence-electron chi connectivity index (χ1n) is 6.75. The maximum absolute atomic E-state index is 12.5. The van der Waals surface area contributed by atoms with E-state index in [0.717, 1.165) is 0 Å². The van der Waals surface area contributed by atoms with Crippen molar-refractivity contribution in [2.24, 2.45) is 5.10 Å². The Kier molecular flexibility index (Phi) is 3.39. The number of carbonyl (C=O) groups is 1. The Morgan fingerprint density at radius 1 is 1.05 bits per heavy atom. The highest BCUT2D eigenvalue weighted by Gasteiger charge is 2.28. The first-order chi connectivity index (χ1) is 10.6. The predicted octanol–water partition coefficient (Wildman–Crippen LogP) is 2.90. The van der Waals surface area contributed by atoms with Crippen molar-refractivity contribution in [3.05, 3.63) is 59.7 Å². The molecule has 0 saturated carbocycles. The van der Waals surface area contributed by atoms with Crippen molar-refractivity contribution < 1.29 is 15.0 Å². The van der Waals surface area contributed by atoms with Crippen molar-refractivity contribution >= 4 is 23.4 Å². The van der Waals surface area contributed by atoms with Gasteiger partial charge in [0.05, 0.1) is 17.0 Å². The summed E-state index contributed by atoms with van der Waals surface area (Å²) in [5.74, 6) is -0.651. The molecule has 5 nitrogen and oxygen atoms in total. The number of rotatable bonds is 2. The lowest BCUT2D eigenvalue weighted by molar-refractivity contribution is -0.114. The number of para-hydroxylation sites is 1. The molecule has 0 fully saturated rings. The van der Waals surface area contributed by atoms with Crippen LogP contribution in [0.2, 0.25) is 0 Å².